The first kappa shape index (κ1) is 13.9. The van der Waals surface area contributed by atoms with Crippen molar-refractivity contribution in [1.82, 2.24) is 9.80 Å². The van der Waals surface area contributed by atoms with Gasteiger partial charge >= 0.3 is 6.09 Å². The molecule has 5 nitrogen and oxygen atoms in total. The first-order valence-electron chi connectivity index (χ1n) is 6.89. The molecule has 0 bridgehead atoms. The molecule has 2 aliphatic heterocycles. The average Bonchev–Trinajstić information content (AvgIpc) is 2.35. The number of nitrogens with zero attached hydrogens (tertiary/aromatic N) is 2. The smallest absolute Gasteiger partial charge is 0.410 e. The van der Waals surface area contributed by atoms with Gasteiger partial charge in [0.25, 0.3) is 0 Å². The first-order chi connectivity index (χ1) is 8.90. The Morgan fingerprint density at radius 2 is 2.11 bits per heavy atom. The fraction of sp³-hybridized carbons (Fsp3) is 0.786. The summed E-state index contributed by atoms with van der Waals surface area (Å²) < 4.78 is 5.39. The summed E-state index contributed by atoms with van der Waals surface area (Å²) in [6.45, 7) is 7.56. The van der Waals surface area contributed by atoms with Crippen molar-refractivity contribution in [2.24, 2.45) is 0 Å². The fourth-order valence-corrected chi connectivity index (χ4v) is 2.71. The Morgan fingerprint density at radius 3 is 2.74 bits per heavy atom. The minimum absolute atomic E-state index is 0.242. The fourth-order valence-electron chi connectivity index (χ4n) is 2.71. The topological polar surface area (TPSA) is 49.9 Å². The van der Waals surface area contributed by atoms with Gasteiger partial charge in [-0.05, 0) is 40.0 Å². The van der Waals surface area contributed by atoms with Crippen LogP contribution in [0.3, 0.4) is 0 Å². The zero-order chi connectivity index (χ0) is 14.0. The van der Waals surface area contributed by atoms with Crippen molar-refractivity contribution in [3.05, 3.63) is 5.70 Å². The van der Waals surface area contributed by atoms with Crippen LogP contribution in [0.4, 0.5) is 4.79 Å². The molecule has 19 heavy (non-hydrogen) atoms. The van der Waals surface area contributed by atoms with Gasteiger partial charge in [-0.3, -0.25) is 0 Å². The number of ether oxygens (including phenoxy) is 1. The van der Waals surface area contributed by atoms with E-state index >= 15 is 0 Å². The number of carbonyl (C=O) groups is 1. The van der Waals surface area contributed by atoms with E-state index in [2.05, 4.69) is 4.90 Å². The molecule has 2 saturated heterocycles. The van der Waals surface area contributed by atoms with E-state index in [1.807, 2.05) is 26.7 Å². The summed E-state index contributed by atoms with van der Waals surface area (Å²) in [7, 11) is 0. The Bertz CT molecular complexity index is 407. The van der Waals surface area contributed by atoms with Gasteiger partial charge < -0.3 is 14.5 Å². The molecule has 2 heterocycles. The molecule has 0 N–H and O–H groups in total. The second kappa shape index (κ2) is 5.25. The van der Waals surface area contributed by atoms with Gasteiger partial charge in [0, 0.05) is 25.7 Å². The van der Waals surface area contributed by atoms with E-state index in [0.717, 1.165) is 25.0 Å². The second-order valence-corrected chi connectivity index (χ2v) is 6.21. The maximum atomic E-state index is 12.0. The highest BCUT2D eigenvalue weighted by Gasteiger charge is 2.34. The monoisotopic (exact) mass is 266 g/mol. The van der Waals surface area contributed by atoms with Crippen LogP contribution >= 0.6 is 0 Å². The van der Waals surface area contributed by atoms with Crippen molar-refractivity contribution in [2.45, 2.75) is 51.7 Å². The molecule has 106 valence electrons. The van der Waals surface area contributed by atoms with Crippen LogP contribution in [0, 0.1) is 0 Å². The number of amides is 1. The summed E-state index contributed by atoms with van der Waals surface area (Å²) in [6, 6.07) is 0.242. The van der Waals surface area contributed by atoms with E-state index in [4.69, 9.17) is 4.74 Å². The Hall–Kier alpha value is -1.48. The van der Waals surface area contributed by atoms with Crippen LogP contribution in [-0.4, -0.2) is 53.1 Å². The van der Waals surface area contributed by atoms with Crippen molar-refractivity contribution in [3.8, 4) is 0 Å². The van der Waals surface area contributed by atoms with E-state index in [9.17, 15) is 9.59 Å². The van der Waals surface area contributed by atoms with E-state index in [-0.39, 0.29) is 12.1 Å². The van der Waals surface area contributed by atoms with Gasteiger partial charge in [-0.15, -0.1) is 0 Å². The molecule has 0 aromatic carbocycles. The zero-order valence-electron chi connectivity index (χ0n) is 11.9. The van der Waals surface area contributed by atoms with E-state index in [1.54, 1.807) is 4.90 Å². The highest BCUT2D eigenvalue weighted by molar-refractivity contribution is 5.68. The summed E-state index contributed by atoms with van der Waals surface area (Å²) in [5.74, 6) is 2.04. The standard InChI is InChI=1S/C14H22N2O3/c1-14(2,3)19-13(18)15-7-8-16-11(9-15)5-4-6-12(16)10-17/h11H,4-9H2,1-3H3. The minimum Gasteiger partial charge on any atom is -0.444 e. The van der Waals surface area contributed by atoms with E-state index < -0.39 is 5.60 Å². The van der Waals surface area contributed by atoms with Gasteiger partial charge in [-0.2, -0.15) is 0 Å². The number of hydrogen-bond acceptors (Lipinski definition) is 4. The Balaban J connectivity index is 1.99. The van der Waals surface area contributed by atoms with E-state index in [0.29, 0.717) is 19.6 Å². The summed E-state index contributed by atoms with van der Waals surface area (Å²) in [4.78, 5) is 26.8. The number of piperidine rings is 1. The lowest BCUT2D eigenvalue weighted by Crippen LogP contribution is -2.56. The van der Waals surface area contributed by atoms with Gasteiger partial charge in [0.2, 0.25) is 0 Å². The molecular formula is C14H22N2O3. The predicted octanol–water partition coefficient (Wildman–Crippen LogP) is 1.81. The average molecular weight is 266 g/mol. The van der Waals surface area contributed by atoms with Crippen LogP contribution < -0.4 is 0 Å². The van der Waals surface area contributed by atoms with Crippen LogP contribution in [0.25, 0.3) is 0 Å². The number of piperazine rings is 1. The normalized spacial score (nSPS) is 23.7. The second-order valence-electron chi connectivity index (χ2n) is 6.21. The van der Waals surface area contributed by atoms with Gasteiger partial charge in [-0.1, -0.05) is 0 Å². The number of rotatable bonds is 0. The van der Waals surface area contributed by atoms with Gasteiger partial charge in [0.05, 0.1) is 5.70 Å². The van der Waals surface area contributed by atoms with Crippen LogP contribution in [0.5, 0.6) is 0 Å². The lowest BCUT2D eigenvalue weighted by molar-refractivity contribution is 0.00492. The third-order valence-corrected chi connectivity index (χ3v) is 3.55. The lowest BCUT2D eigenvalue weighted by Gasteiger charge is -2.45. The van der Waals surface area contributed by atoms with Crippen LogP contribution in [-0.2, 0) is 9.53 Å². The zero-order valence-corrected chi connectivity index (χ0v) is 11.9. The molecule has 0 aromatic heterocycles. The maximum Gasteiger partial charge on any atom is 0.410 e. The molecule has 5 heteroatoms. The summed E-state index contributed by atoms with van der Waals surface area (Å²) in [5, 5.41) is 0. The first-order valence-corrected chi connectivity index (χ1v) is 6.89. The van der Waals surface area contributed by atoms with Crippen LogP contribution in [0.2, 0.25) is 0 Å². The van der Waals surface area contributed by atoms with Crippen molar-refractivity contribution in [2.75, 3.05) is 19.6 Å². The number of fused-ring (bicyclic) bond motifs is 1. The quantitative estimate of drug-likeness (QED) is 0.627. The van der Waals surface area contributed by atoms with Crippen molar-refractivity contribution >= 4 is 12.0 Å². The molecule has 0 aliphatic carbocycles. The van der Waals surface area contributed by atoms with Gasteiger partial charge in [-0.25, -0.2) is 9.59 Å². The highest BCUT2D eigenvalue weighted by atomic mass is 16.6. The Kier molecular flexibility index (Phi) is 3.85. The summed E-state index contributed by atoms with van der Waals surface area (Å²) in [5.41, 5.74) is 0.300. The SMILES string of the molecule is CC(C)(C)OC(=O)N1CCN2C(=C=O)CCCC2C1. The number of allylic oxidation sites excluding steroid dienone is 1. The Morgan fingerprint density at radius 1 is 1.37 bits per heavy atom. The molecular weight excluding hydrogens is 244 g/mol. The highest BCUT2D eigenvalue weighted by Crippen LogP contribution is 2.27. The molecule has 2 rings (SSSR count). The summed E-state index contributed by atoms with van der Waals surface area (Å²) in [6.07, 6.45) is 2.57. The molecule has 1 unspecified atom stereocenters. The third-order valence-electron chi connectivity index (χ3n) is 3.55. The molecule has 1 amide bonds. The summed E-state index contributed by atoms with van der Waals surface area (Å²) >= 11 is 0. The molecule has 0 aromatic rings. The predicted molar refractivity (Wildman–Crippen MR) is 71.4 cm³/mol. The van der Waals surface area contributed by atoms with Crippen LogP contribution in [0.1, 0.15) is 40.0 Å². The minimum atomic E-state index is -0.464. The third kappa shape index (κ3) is 3.29. The van der Waals surface area contributed by atoms with E-state index in [1.165, 1.54) is 0 Å². The molecule has 0 radical (unpaired) electrons. The number of hydrogen-bond donors (Lipinski definition) is 0. The molecule has 0 spiro atoms. The van der Waals surface area contributed by atoms with Crippen molar-refractivity contribution in [1.29, 1.82) is 0 Å². The van der Waals surface area contributed by atoms with Gasteiger partial charge in [0.1, 0.15) is 11.5 Å². The number of carbonyl (C=O) groups excluding carboxylic acids is 2. The maximum absolute atomic E-state index is 12.0. The van der Waals surface area contributed by atoms with Gasteiger partial charge in [0.15, 0.2) is 0 Å². The Labute approximate surface area is 114 Å². The van der Waals surface area contributed by atoms with Crippen molar-refractivity contribution < 1.29 is 14.3 Å². The van der Waals surface area contributed by atoms with Crippen LogP contribution in [0.15, 0.2) is 5.70 Å². The molecule has 2 aliphatic rings. The molecule has 2 fully saturated rings. The molecule has 0 saturated carbocycles. The molecule has 1 atom stereocenters. The van der Waals surface area contributed by atoms with Crippen molar-refractivity contribution in [3.63, 3.8) is 0 Å². The largest absolute Gasteiger partial charge is 0.444 e. The lowest BCUT2D eigenvalue weighted by atomic mass is 9.97.